The maximum atomic E-state index is 6.14. The third-order valence-electron chi connectivity index (χ3n) is 2.60. The minimum atomic E-state index is 0.477. The van der Waals surface area contributed by atoms with Crippen LogP contribution in [0, 0.1) is 0 Å². The average molecular weight is 261 g/mol. The molecule has 1 unspecified atom stereocenters. The van der Waals surface area contributed by atoms with Crippen LogP contribution >= 0.6 is 27.5 Å². The monoisotopic (exact) mass is 259 g/mol. The van der Waals surface area contributed by atoms with Crippen molar-refractivity contribution in [3.8, 4) is 0 Å². The quantitative estimate of drug-likeness (QED) is 0.817. The fourth-order valence-electron chi connectivity index (χ4n) is 1.94. The maximum absolute atomic E-state index is 6.14. The lowest BCUT2D eigenvalue weighted by Gasteiger charge is -2.10. The van der Waals surface area contributed by atoms with Crippen LogP contribution in [0.25, 0.3) is 0 Å². The van der Waals surface area contributed by atoms with Crippen LogP contribution in [0.5, 0.6) is 0 Å². The zero-order valence-corrected chi connectivity index (χ0v) is 9.74. The Balaban J connectivity index is 2.51. The van der Waals surface area contributed by atoms with Gasteiger partial charge in [0, 0.05) is 15.5 Å². The van der Waals surface area contributed by atoms with E-state index >= 15 is 0 Å². The molecule has 0 fully saturated rings. The lowest BCUT2D eigenvalue weighted by molar-refractivity contribution is 0.590. The van der Waals surface area contributed by atoms with Crippen LogP contribution in [0.1, 0.15) is 23.6 Å². The van der Waals surface area contributed by atoms with Gasteiger partial charge in [-0.3, -0.25) is 0 Å². The molecule has 13 heavy (non-hydrogen) atoms. The summed E-state index contributed by atoms with van der Waals surface area (Å²) < 4.78 is 1.07. The van der Waals surface area contributed by atoms with Crippen molar-refractivity contribution < 1.29 is 0 Å². The molecule has 3 heteroatoms. The van der Waals surface area contributed by atoms with Gasteiger partial charge in [-0.15, -0.1) is 0 Å². The van der Waals surface area contributed by atoms with Gasteiger partial charge in [-0.2, -0.15) is 0 Å². The van der Waals surface area contributed by atoms with E-state index in [0.717, 1.165) is 22.3 Å². The number of benzene rings is 1. The number of hydrogen-bond donors (Lipinski definition) is 1. The van der Waals surface area contributed by atoms with Gasteiger partial charge in [0.2, 0.25) is 0 Å². The van der Waals surface area contributed by atoms with Gasteiger partial charge in [0.05, 0.1) is 0 Å². The highest BCUT2D eigenvalue weighted by molar-refractivity contribution is 9.10. The lowest BCUT2D eigenvalue weighted by atomic mass is 10.1. The molecule has 0 radical (unpaired) electrons. The first-order valence-electron chi connectivity index (χ1n) is 4.37. The molecule has 0 bridgehead atoms. The van der Waals surface area contributed by atoms with E-state index in [9.17, 15) is 0 Å². The molecule has 0 spiro atoms. The van der Waals surface area contributed by atoms with Gasteiger partial charge in [0.25, 0.3) is 0 Å². The van der Waals surface area contributed by atoms with Crippen molar-refractivity contribution in [1.82, 2.24) is 5.32 Å². The molecule has 1 nitrogen and oxygen atoms in total. The Morgan fingerprint density at radius 2 is 2.31 bits per heavy atom. The summed E-state index contributed by atoms with van der Waals surface area (Å²) in [5, 5.41) is 4.19. The zero-order valence-electron chi connectivity index (χ0n) is 7.40. The van der Waals surface area contributed by atoms with Crippen LogP contribution in [-0.4, -0.2) is 7.05 Å². The lowest BCUT2D eigenvalue weighted by Crippen LogP contribution is -2.12. The van der Waals surface area contributed by atoms with E-state index in [-0.39, 0.29) is 0 Å². The van der Waals surface area contributed by atoms with Gasteiger partial charge in [-0.25, -0.2) is 0 Å². The van der Waals surface area contributed by atoms with Gasteiger partial charge < -0.3 is 5.32 Å². The van der Waals surface area contributed by atoms with E-state index < -0.39 is 0 Å². The van der Waals surface area contributed by atoms with Crippen molar-refractivity contribution >= 4 is 27.5 Å². The first-order valence-corrected chi connectivity index (χ1v) is 5.54. The Bertz CT molecular complexity index is 338. The number of fused-ring (bicyclic) bond motifs is 1. The van der Waals surface area contributed by atoms with E-state index in [4.69, 9.17) is 11.6 Å². The molecule has 0 saturated heterocycles. The van der Waals surface area contributed by atoms with Crippen LogP contribution in [0.15, 0.2) is 16.6 Å². The Morgan fingerprint density at radius 1 is 1.54 bits per heavy atom. The molecule has 1 aromatic rings. The molecule has 1 aliphatic rings. The van der Waals surface area contributed by atoms with E-state index in [1.807, 2.05) is 13.1 Å². The summed E-state index contributed by atoms with van der Waals surface area (Å²) in [7, 11) is 1.99. The Kier molecular flexibility index (Phi) is 2.63. The molecule has 1 aliphatic carbocycles. The van der Waals surface area contributed by atoms with Crippen molar-refractivity contribution in [1.29, 1.82) is 0 Å². The summed E-state index contributed by atoms with van der Waals surface area (Å²) in [6.07, 6.45) is 2.24. The van der Waals surface area contributed by atoms with Gasteiger partial charge in [0.15, 0.2) is 0 Å². The van der Waals surface area contributed by atoms with E-state index in [0.29, 0.717) is 6.04 Å². The molecule has 0 heterocycles. The van der Waals surface area contributed by atoms with E-state index in [2.05, 4.69) is 27.3 Å². The van der Waals surface area contributed by atoms with Gasteiger partial charge >= 0.3 is 0 Å². The fourth-order valence-corrected chi connectivity index (χ4v) is 2.87. The first kappa shape index (κ1) is 9.50. The van der Waals surface area contributed by atoms with E-state index in [1.54, 1.807) is 0 Å². The third-order valence-corrected chi connectivity index (χ3v) is 3.40. The molecule has 70 valence electrons. The summed E-state index contributed by atoms with van der Waals surface area (Å²) in [5.41, 5.74) is 2.66. The molecule has 1 N–H and O–H groups in total. The second-order valence-corrected chi connectivity index (χ2v) is 4.66. The summed E-state index contributed by atoms with van der Waals surface area (Å²) in [6.45, 7) is 0. The summed E-state index contributed by atoms with van der Waals surface area (Å²) in [6, 6.07) is 4.61. The number of halogens is 2. The van der Waals surface area contributed by atoms with Crippen LogP contribution in [0.4, 0.5) is 0 Å². The fraction of sp³-hybridized carbons (Fsp3) is 0.400. The normalized spacial score (nSPS) is 20.4. The van der Waals surface area contributed by atoms with Gasteiger partial charge in [-0.05, 0) is 43.1 Å². The SMILES string of the molecule is CNC1CCc2c(Cl)cc(Br)cc21. The van der Waals surface area contributed by atoms with Crippen LogP contribution in [0.2, 0.25) is 5.02 Å². The van der Waals surface area contributed by atoms with Crippen molar-refractivity contribution in [2.45, 2.75) is 18.9 Å². The molecule has 0 amide bonds. The van der Waals surface area contributed by atoms with Crippen molar-refractivity contribution in [2.24, 2.45) is 0 Å². The number of rotatable bonds is 1. The number of nitrogens with one attached hydrogen (secondary N) is 1. The highest BCUT2D eigenvalue weighted by atomic mass is 79.9. The molecular formula is C10H11BrClN. The molecule has 1 atom stereocenters. The second-order valence-electron chi connectivity index (χ2n) is 3.34. The summed E-state index contributed by atoms with van der Waals surface area (Å²) in [4.78, 5) is 0. The smallest absolute Gasteiger partial charge is 0.0452 e. The van der Waals surface area contributed by atoms with Gasteiger partial charge in [-0.1, -0.05) is 27.5 Å². The predicted molar refractivity (Wildman–Crippen MR) is 59.3 cm³/mol. The Morgan fingerprint density at radius 3 is 3.00 bits per heavy atom. The third kappa shape index (κ3) is 1.63. The van der Waals surface area contributed by atoms with Crippen molar-refractivity contribution in [3.63, 3.8) is 0 Å². The molecule has 0 aromatic heterocycles. The average Bonchev–Trinajstić information content (AvgIpc) is 2.47. The topological polar surface area (TPSA) is 12.0 Å². The minimum Gasteiger partial charge on any atom is -0.313 e. The van der Waals surface area contributed by atoms with Crippen LogP contribution < -0.4 is 5.32 Å². The zero-order chi connectivity index (χ0) is 9.42. The molecule has 0 aliphatic heterocycles. The molecule has 1 aromatic carbocycles. The summed E-state index contributed by atoms with van der Waals surface area (Å²) in [5.74, 6) is 0. The van der Waals surface area contributed by atoms with Crippen molar-refractivity contribution in [2.75, 3.05) is 7.05 Å². The largest absolute Gasteiger partial charge is 0.313 e. The molecule has 0 saturated carbocycles. The highest BCUT2D eigenvalue weighted by Crippen LogP contribution is 2.37. The molecular weight excluding hydrogens is 249 g/mol. The first-order chi connectivity index (χ1) is 6.22. The molecule has 2 rings (SSSR count). The standard InChI is InChI=1S/C10H11BrClN/c1-13-10-3-2-7-8(10)4-6(11)5-9(7)12/h4-5,10,13H,2-3H2,1H3. The predicted octanol–water partition coefficient (Wildman–Crippen LogP) is 3.31. The van der Waals surface area contributed by atoms with Crippen LogP contribution in [-0.2, 0) is 6.42 Å². The van der Waals surface area contributed by atoms with Crippen LogP contribution in [0.3, 0.4) is 0 Å². The second kappa shape index (κ2) is 3.60. The Labute approximate surface area is 91.6 Å². The number of hydrogen-bond acceptors (Lipinski definition) is 1. The van der Waals surface area contributed by atoms with Gasteiger partial charge in [0.1, 0.15) is 0 Å². The summed E-state index contributed by atoms with van der Waals surface area (Å²) >= 11 is 9.60. The van der Waals surface area contributed by atoms with Crippen molar-refractivity contribution in [3.05, 3.63) is 32.8 Å². The highest BCUT2D eigenvalue weighted by Gasteiger charge is 2.23. The Hall–Kier alpha value is -0.0500. The minimum absolute atomic E-state index is 0.477. The maximum Gasteiger partial charge on any atom is 0.0452 e. The van der Waals surface area contributed by atoms with E-state index in [1.165, 1.54) is 11.1 Å².